The van der Waals surface area contributed by atoms with Gasteiger partial charge in [-0.15, -0.1) is 0 Å². The Balaban J connectivity index is 1.68. The second-order valence-corrected chi connectivity index (χ2v) is 7.91. The van der Waals surface area contributed by atoms with Gasteiger partial charge in [-0.05, 0) is 53.9 Å². The number of methoxy groups -OCH3 is 1. The highest BCUT2D eigenvalue weighted by atomic mass is 35.5. The predicted molar refractivity (Wildman–Crippen MR) is 127 cm³/mol. The molecule has 0 atom stereocenters. The molecular formula is C26H25ClN2O3. The molecule has 0 saturated heterocycles. The molecule has 0 spiro atoms. The van der Waals surface area contributed by atoms with E-state index >= 15 is 0 Å². The molecule has 0 saturated carbocycles. The van der Waals surface area contributed by atoms with Crippen molar-refractivity contribution in [3.05, 3.63) is 83.0 Å². The number of aromatic hydroxyl groups is 1. The van der Waals surface area contributed by atoms with Crippen molar-refractivity contribution in [1.82, 2.24) is 9.78 Å². The van der Waals surface area contributed by atoms with Gasteiger partial charge in [0.25, 0.3) is 0 Å². The number of aryl methyl sites for hydroxylation is 1. The van der Waals surface area contributed by atoms with E-state index in [9.17, 15) is 5.11 Å². The van der Waals surface area contributed by atoms with E-state index in [0.717, 1.165) is 40.2 Å². The standard InChI is InChI=1S/C26H25ClN2O3/c1-4-23-25(18-6-5-7-20(14-18)31-3)26(28-29(23)2)22-13-12-21(15-24(22)30)32-16-17-8-10-19(27)11-9-17/h5-15,30H,4,16H2,1-3H3. The molecule has 164 valence electrons. The Morgan fingerprint density at radius 1 is 1.00 bits per heavy atom. The van der Waals surface area contributed by atoms with Gasteiger partial charge < -0.3 is 14.6 Å². The van der Waals surface area contributed by atoms with Gasteiger partial charge >= 0.3 is 0 Å². The van der Waals surface area contributed by atoms with Crippen LogP contribution in [-0.4, -0.2) is 22.0 Å². The lowest BCUT2D eigenvalue weighted by Gasteiger charge is -2.11. The average molecular weight is 449 g/mol. The quantitative estimate of drug-likeness (QED) is 0.362. The summed E-state index contributed by atoms with van der Waals surface area (Å²) in [4.78, 5) is 0. The molecule has 3 aromatic carbocycles. The number of hydrogen-bond acceptors (Lipinski definition) is 4. The molecule has 0 aliphatic heterocycles. The zero-order chi connectivity index (χ0) is 22.7. The fourth-order valence-electron chi connectivity index (χ4n) is 3.78. The lowest BCUT2D eigenvalue weighted by Crippen LogP contribution is -1.97. The summed E-state index contributed by atoms with van der Waals surface area (Å²) in [6, 6.07) is 20.7. The Morgan fingerprint density at radius 3 is 2.47 bits per heavy atom. The van der Waals surface area contributed by atoms with Crippen molar-refractivity contribution in [3.8, 4) is 39.6 Å². The molecule has 1 heterocycles. The third-order valence-corrected chi connectivity index (χ3v) is 5.65. The highest BCUT2D eigenvalue weighted by Crippen LogP contribution is 2.40. The first-order chi connectivity index (χ1) is 15.5. The largest absolute Gasteiger partial charge is 0.507 e. The Bertz CT molecular complexity index is 1230. The van der Waals surface area contributed by atoms with E-state index in [1.165, 1.54) is 0 Å². The van der Waals surface area contributed by atoms with Crippen LogP contribution >= 0.6 is 11.6 Å². The van der Waals surface area contributed by atoms with E-state index in [2.05, 4.69) is 6.92 Å². The summed E-state index contributed by atoms with van der Waals surface area (Å²) in [5, 5.41) is 16.3. The maximum absolute atomic E-state index is 10.9. The van der Waals surface area contributed by atoms with Gasteiger partial charge in [-0.2, -0.15) is 5.10 Å². The van der Waals surface area contributed by atoms with Gasteiger partial charge in [0.1, 0.15) is 29.5 Å². The van der Waals surface area contributed by atoms with Crippen LogP contribution in [0.25, 0.3) is 22.4 Å². The van der Waals surface area contributed by atoms with Crippen molar-refractivity contribution in [2.75, 3.05) is 7.11 Å². The first-order valence-corrected chi connectivity index (χ1v) is 10.8. The average Bonchev–Trinajstić information content (AvgIpc) is 3.14. The molecule has 6 heteroatoms. The summed E-state index contributed by atoms with van der Waals surface area (Å²) in [5.41, 5.74) is 5.42. The summed E-state index contributed by atoms with van der Waals surface area (Å²) in [5.74, 6) is 1.47. The molecule has 0 radical (unpaired) electrons. The lowest BCUT2D eigenvalue weighted by atomic mass is 9.97. The van der Waals surface area contributed by atoms with Crippen LogP contribution in [0.3, 0.4) is 0 Å². The maximum Gasteiger partial charge on any atom is 0.128 e. The second-order valence-electron chi connectivity index (χ2n) is 7.47. The van der Waals surface area contributed by atoms with Gasteiger partial charge in [0.2, 0.25) is 0 Å². The molecule has 0 amide bonds. The van der Waals surface area contributed by atoms with Gasteiger partial charge in [-0.3, -0.25) is 4.68 Å². The molecule has 0 fully saturated rings. The van der Waals surface area contributed by atoms with Crippen LogP contribution in [0.2, 0.25) is 5.02 Å². The number of nitrogens with zero attached hydrogens (tertiary/aromatic N) is 2. The van der Waals surface area contributed by atoms with E-state index in [1.54, 1.807) is 13.2 Å². The maximum atomic E-state index is 10.9. The summed E-state index contributed by atoms with van der Waals surface area (Å²) in [7, 11) is 3.57. The Labute approximate surface area is 192 Å². The van der Waals surface area contributed by atoms with Crippen LogP contribution in [0.1, 0.15) is 18.2 Å². The van der Waals surface area contributed by atoms with Gasteiger partial charge in [-0.25, -0.2) is 0 Å². The zero-order valence-corrected chi connectivity index (χ0v) is 19.1. The van der Waals surface area contributed by atoms with Crippen molar-refractivity contribution in [1.29, 1.82) is 0 Å². The van der Waals surface area contributed by atoms with Crippen LogP contribution in [0.5, 0.6) is 17.2 Å². The third-order valence-electron chi connectivity index (χ3n) is 5.40. The number of aromatic nitrogens is 2. The zero-order valence-electron chi connectivity index (χ0n) is 18.3. The number of benzene rings is 3. The van der Waals surface area contributed by atoms with E-state index in [-0.39, 0.29) is 5.75 Å². The predicted octanol–water partition coefficient (Wildman–Crippen LogP) is 6.26. The van der Waals surface area contributed by atoms with E-state index in [4.69, 9.17) is 26.2 Å². The SMILES string of the molecule is CCc1c(-c2cccc(OC)c2)c(-c2ccc(OCc3ccc(Cl)cc3)cc2O)nn1C. The summed E-state index contributed by atoms with van der Waals surface area (Å²) < 4.78 is 13.1. The van der Waals surface area contributed by atoms with Crippen molar-refractivity contribution >= 4 is 11.6 Å². The summed E-state index contributed by atoms with van der Waals surface area (Å²) in [6.45, 7) is 2.48. The van der Waals surface area contributed by atoms with E-state index in [1.807, 2.05) is 72.4 Å². The van der Waals surface area contributed by atoms with E-state index < -0.39 is 0 Å². The van der Waals surface area contributed by atoms with Gasteiger partial charge in [0.05, 0.1) is 7.11 Å². The molecular weight excluding hydrogens is 424 g/mol. The number of phenolic OH excluding ortho intramolecular Hbond substituents is 1. The second kappa shape index (κ2) is 9.37. The first-order valence-electron chi connectivity index (χ1n) is 10.4. The number of ether oxygens (including phenoxy) is 2. The van der Waals surface area contributed by atoms with Crippen LogP contribution in [0.4, 0.5) is 0 Å². The molecule has 4 aromatic rings. The molecule has 0 aliphatic rings. The van der Waals surface area contributed by atoms with Crippen molar-refractivity contribution in [2.24, 2.45) is 7.05 Å². The molecule has 1 N–H and O–H groups in total. The van der Waals surface area contributed by atoms with Crippen molar-refractivity contribution in [2.45, 2.75) is 20.0 Å². The highest BCUT2D eigenvalue weighted by Gasteiger charge is 2.21. The lowest BCUT2D eigenvalue weighted by molar-refractivity contribution is 0.304. The molecule has 5 nitrogen and oxygen atoms in total. The number of rotatable bonds is 7. The molecule has 4 rings (SSSR count). The van der Waals surface area contributed by atoms with Crippen LogP contribution < -0.4 is 9.47 Å². The third kappa shape index (κ3) is 4.43. The van der Waals surface area contributed by atoms with Crippen molar-refractivity contribution < 1.29 is 14.6 Å². The van der Waals surface area contributed by atoms with Gasteiger partial charge in [0.15, 0.2) is 0 Å². The Morgan fingerprint density at radius 2 is 1.78 bits per heavy atom. The molecule has 0 bridgehead atoms. The monoisotopic (exact) mass is 448 g/mol. The molecule has 32 heavy (non-hydrogen) atoms. The first kappa shape index (κ1) is 21.8. The van der Waals surface area contributed by atoms with Crippen LogP contribution in [0, 0.1) is 0 Å². The molecule has 1 aromatic heterocycles. The Hall–Kier alpha value is -3.44. The topological polar surface area (TPSA) is 56.5 Å². The fourth-order valence-corrected chi connectivity index (χ4v) is 3.91. The van der Waals surface area contributed by atoms with Crippen LogP contribution in [-0.2, 0) is 20.1 Å². The minimum absolute atomic E-state index is 0.114. The minimum atomic E-state index is 0.114. The number of phenols is 1. The minimum Gasteiger partial charge on any atom is -0.507 e. The van der Waals surface area contributed by atoms with Crippen LogP contribution in [0.15, 0.2) is 66.7 Å². The van der Waals surface area contributed by atoms with Crippen molar-refractivity contribution in [3.63, 3.8) is 0 Å². The highest BCUT2D eigenvalue weighted by molar-refractivity contribution is 6.30. The van der Waals surface area contributed by atoms with Gasteiger partial charge in [-0.1, -0.05) is 42.8 Å². The van der Waals surface area contributed by atoms with Gasteiger partial charge in [0, 0.05) is 35.0 Å². The number of hydrogen-bond donors (Lipinski definition) is 1. The normalized spacial score (nSPS) is 10.9. The number of halogens is 1. The van der Waals surface area contributed by atoms with E-state index in [0.29, 0.717) is 22.9 Å². The Kier molecular flexibility index (Phi) is 6.37. The fraction of sp³-hybridized carbons (Fsp3) is 0.192. The smallest absolute Gasteiger partial charge is 0.128 e. The summed E-state index contributed by atoms with van der Waals surface area (Å²) >= 11 is 5.93. The summed E-state index contributed by atoms with van der Waals surface area (Å²) in [6.07, 6.45) is 0.805. The molecule has 0 unspecified atom stereocenters. The molecule has 0 aliphatic carbocycles.